The highest BCUT2D eigenvalue weighted by Crippen LogP contribution is 2.23. The highest BCUT2D eigenvalue weighted by Gasteiger charge is 2.15. The van der Waals surface area contributed by atoms with Gasteiger partial charge in [-0.3, -0.25) is 0 Å². The second kappa shape index (κ2) is 3.83. The number of hydrogen-bond donors (Lipinski definition) is 0. The number of rotatable bonds is 2. The lowest BCUT2D eigenvalue weighted by atomic mass is 10.3. The van der Waals surface area contributed by atoms with Gasteiger partial charge in [0, 0.05) is 12.4 Å². The third-order valence-corrected chi connectivity index (χ3v) is 5.03. The van der Waals surface area contributed by atoms with E-state index in [1.54, 1.807) is 12.1 Å². The summed E-state index contributed by atoms with van der Waals surface area (Å²) < 4.78 is 48.9. The van der Waals surface area contributed by atoms with Crippen LogP contribution >= 0.6 is 0 Å². The normalized spacial score (nSPS) is 13.3. The maximum absolute atomic E-state index is 11.7. The van der Waals surface area contributed by atoms with Crippen molar-refractivity contribution in [3.63, 3.8) is 0 Å². The quantitative estimate of drug-likeness (QED) is 0.691. The fourth-order valence-corrected chi connectivity index (χ4v) is 3.71. The Hall–Kier alpha value is -1.87. The van der Waals surface area contributed by atoms with Gasteiger partial charge >= 0.3 is 0 Å². The van der Waals surface area contributed by atoms with Gasteiger partial charge in [-0.25, -0.2) is 29.8 Å². The van der Waals surface area contributed by atoms with Crippen molar-refractivity contribution in [2.24, 2.45) is 0 Å². The Bertz CT molecular complexity index is 960. The molecule has 0 aromatic carbocycles. The van der Waals surface area contributed by atoms with Crippen LogP contribution in [0.3, 0.4) is 0 Å². The zero-order chi connectivity index (χ0) is 14.7. The van der Waals surface area contributed by atoms with Crippen molar-refractivity contribution in [2.75, 3.05) is 12.5 Å². The average Bonchev–Trinajstić information content (AvgIpc) is 2.85. The van der Waals surface area contributed by atoms with Crippen molar-refractivity contribution in [1.29, 1.82) is 0 Å². The first-order chi connectivity index (χ1) is 9.18. The minimum absolute atomic E-state index is 0.351. The molecular formula is C11H11N3O4S2. The third-order valence-electron chi connectivity index (χ3n) is 2.96. The standard InChI is InChI=1S/C11H11N3O4S2/c1-19(15,16)13-5-3-8-10(13)7-11-9(12-8)4-6-14(11)20(2,17)18/h3-7H,1-2H3. The van der Waals surface area contributed by atoms with E-state index in [9.17, 15) is 16.8 Å². The molecule has 0 bridgehead atoms. The van der Waals surface area contributed by atoms with E-state index in [1.807, 2.05) is 0 Å². The van der Waals surface area contributed by atoms with Crippen LogP contribution in [0.4, 0.5) is 0 Å². The molecule has 0 aliphatic carbocycles. The van der Waals surface area contributed by atoms with E-state index in [0.29, 0.717) is 22.1 Å². The van der Waals surface area contributed by atoms with Crippen LogP contribution in [0.2, 0.25) is 0 Å². The topological polar surface area (TPSA) is 91.0 Å². The second-order valence-corrected chi connectivity index (χ2v) is 8.27. The molecule has 20 heavy (non-hydrogen) atoms. The van der Waals surface area contributed by atoms with Gasteiger partial charge in [0.05, 0.1) is 34.6 Å². The van der Waals surface area contributed by atoms with Crippen molar-refractivity contribution >= 4 is 42.1 Å². The van der Waals surface area contributed by atoms with Gasteiger partial charge in [0.2, 0.25) is 20.0 Å². The Morgan fingerprint density at radius 2 is 1.25 bits per heavy atom. The zero-order valence-electron chi connectivity index (χ0n) is 10.7. The van der Waals surface area contributed by atoms with Gasteiger partial charge in [0.15, 0.2) is 0 Å². The molecule has 0 aliphatic heterocycles. The average molecular weight is 313 g/mol. The first-order valence-corrected chi connectivity index (χ1v) is 9.28. The summed E-state index contributed by atoms with van der Waals surface area (Å²) in [6.07, 6.45) is 4.95. The summed E-state index contributed by atoms with van der Waals surface area (Å²) in [5, 5.41) is 0. The molecule has 0 spiro atoms. The van der Waals surface area contributed by atoms with Gasteiger partial charge in [-0.2, -0.15) is 0 Å². The van der Waals surface area contributed by atoms with E-state index < -0.39 is 20.0 Å². The van der Waals surface area contributed by atoms with Crippen LogP contribution in [0.1, 0.15) is 0 Å². The van der Waals surface area contributed by atoms with Crippen molar-refractivity contribution < 1.29 is 16.8 Å². The summed E-state index contributed by atoms with van der Waals surface area (Å²) in [5.41, 5.74) is 1.69. The molecule has 0 saturated carbocycles. The van der Waals surface area contributed by atoms with Crippen LogP contribution < -0.4 is 0 Å². The summed E-state index contributed by atoms with van der Waals surface area (Å²) >= 11 is 0. The SMILES string of the molecule is CS(=O)(=O)n1ccc2nc3ccn(S(C)(=O)=O)c3cc21. The van der Waals surface area contributed by atoms with Crippen molar-refractivity contribution in [3.05, 3.63) is 30.6 Å². The fourth-order valence-electron chi connectivity index (χ4n) is 2.14. The van der Waals surface area contributed by atoms with Gasteiger partial charge in [-0.05, 0) is 18.2 Å². The fraction of sp³-hybridized carbons (Fsp3) is 0.182. The van der Waals surface area contributed by atoms with Crippen molar-refractivity contribution in [2.45, 2.75) is 0 Å². The lowest BCUT2D eigenvalue weighted by molar-refractivity contribution is 0.593. The van der Waals surface area contributed by atoms with Gasteiger partial charge in [0.1, 0.15) is 0 Å². The number of fused-ring (bicyclic) bond motifs is 2. The molecule has 3 aromatic heterocycles. The summed E-state index contributed by atoms with van der Waals surface area (Å²) in [5.74, 6) is 0. The smallest absolute Gasteiger partial charge is 0.236 e. The predicted molar refractivity (Wildman–Crippen MR) is 75.7 cm³/mol. The van der Waals surface area contributed by atoms with Gasteiger partial charge in [-0.1, -0.05) is 0 Å². The monoisotopic (exact) mass is 313 g/mol. The Labute approximate surface area is 115 Å². The molecule has 0 unspecified atom stereocenters. The molecule has 3 heterocycles. The summed E-state index contributed by atoms with van der Waals surface area (Å²) in [4.78, 5) is 4.28. The third kappa shape index (κ3) is 1.90. The van der Waals surface area contributed by atoms with Crippen LogP contribution in [0, 0.1) is 0 Å². The Kier molecular flexibility index (Phi) is 2.51. The molecule has 0 N–H and O–H groups in total. The molecule has 0 radical (unpaired) electrons. The molecule has 0 saturated heterocycles. The maximum atomic E-state index is 11.7. The number of hydrogen-bond acceptors (Lipinski definition) is 5. The van der Waals surface area contributed by atoms with Crippen LogP contribution in [0.15, 0.2) is 30.6 Å². The molecule has 3 aromatic rings. The largest absolute Gasteiger partial charge is 0.244 e. The second-order valence-electron chi connectivity index (χ2n) is 4.55. The van der Waals surface area contributed by atoms with Crippen LogP contribution in [0.25, 0.3) is 22.1 Å². The Morgan fingerprint density at radius 1 is 0.850 bits per heavy atom. The van der Waals surface area contributed by atoms with E-state index >= 15 is 0 Å². The van der Waals surface area contributed by atoms with E-state index in [4.69, 9.17) is 0 Å². The van der Waals surface area contributed by atoms with Gasteiger partial charge in [0.25, 0.3) is 0 Å². The molecular weight excluding hydrogens is 302 g/mol. The Balaban J connectivity index is 2.48. The van der Waals surface area contributed by atoms with Crippen molar-refractivity contribution in [1.82, 2.24) is 12.9 Å². The molecule has 106 valence electrons. The van der Waals surface area contributed by atoms with Gasteiger partial charge < -0.3 is 0 Å². The van der Waals surface area contributed by atoms with Crippen LogP contribution in [0.5, 0.6) is 0 Å². The van der Waals surface area contributed by atoms with E-state index in [0.717, 1.165) is 20.5 Å². The summed E-state index contributed by atoms with van der Waals surface area (Å²) in [6, 6.07) is 4.67. The molecule has 7 nitrogen and oxygen atoms in total. The maximum Gasteiger partial charge on any atom is 0.236 e. The van der Waals surface area contributed by atoms with Gasteiger partial charge in [-0.15, -0.1) is 0 Å². The molecule has 0 atom stereocenters. The van der Waals surface area contributed by atoms with E-state index in [1.165, 1.54) is 18.5 Å². The summed E-state index contributed by atoms with van der Waals surface area (Å²) in [6.45, 7) is 0. The highest BCUT2D eigenvalue weighted by atomic mass is 32.2. The minimum atomic E-state index is -3.47. The lowest BCUT2D eigenvalue weighted by Gasteiger charge is -2.04. The first-order valence-electron chi connectivity index (χ1n) is 5.58. The molecule has 0 fully saturated rings. The van der Waals surface area contributed by atoms with E-state index in [-0.39, 0.29) is 0 Å². The zero-order valence-corrected chi connectivity index (χ0v) is 12.3. The lowest BCUT2D eigenvalue weighted by Crippen LogP contribution is -2.10. The minimum Gasteiger partial charge on any atom is -0.244 e. The Morgan fingerprint density at radius 3 is 1.60 bits per heavy atom. The van der Waals surface area contributed by atoms with Crippen LogP contribution in [-0.2, 0) is 20.0 Å². The molecule has 9 heteroatoms. The number of aromatic nitrogens is 3. The van der Waals surface area contributed by atoms with E-state index in [2.05, 4.69) is 4.98 Å². The number of pyridine rings is 1. The first kappa shape index (κ1) is 13.1. The highest BCUT2D eigenvalue weighted by molar-refractivity contribution is 7.89. The summed E-state index contributed by atoms with van der Waals surface area (Å²) in [7, 11) is -6.94. The van der Waals surface area contributed by atoms with Crippen LogP contribution in [-0.4, -0.2) is 42.3 Å². The number of nitrogens with zero attached hydrogens (tertiary/aromatic N) is 3. The molecule has 0 amide bonds. The molecule has 0 aliphatic rings. The van der Waals surface area contributed by atoms with Crippen molar-refractivity contribution in [3.8, 4) is 0 Å². The predicted octanol–water partition coefficient (Wildman–Crippen LogP) is 0.606. The molecule has 3 rings (SSSR count).